The molecule has 1 N–H and O–H groups in total. The Balaban J connectivity index is 2.08. The molecule has 1 fully saturated rings. The Labute approximate surface area is 145 Å². The SMILES string of the molecule is CCN(c1cc(C)nc(NCCCN(C)C)n1)C1CCS(=O)(=O)C1. The van der Waals surface area contributed by atoms with Gasteiger partial charge in [0.2, 0.25) is 5.95 Å². The van der Waals surface area contributed by atoms with Gasteiger partial charge in [0.15, 0.2) is 9.84 Å². The molecular weight excluding hydrogens is 326 g/mol. The highest BCUT2D eigenvalue weighted by Gasteiger charge is 2.32. The van der Waals surface area contributed by atoms with Gasteiger partial charge in [-0.15, -0.1) is 0 Å². The Hall–Kier alpha value is -1.41. The van der Waals surface area contributed by atoms with Gasteiger partial charge in [0.25, 0.3) is 0 Å². The minimum absolute atomic E-state index is 0.0101. The molecule has 0 aliphatic carbocycles. The van der Waals surface area contributed by atoms with Crippen molar-refractivity contribution in [1.82, 2.24) is 14.9 Å². The molecule has 0 saturated carbocycles. The first-order chi connectivity index (χ1) is 11.3. The molecule has 1 aromatic rings. The van der Waals surface area contributed by atoms with Gasteiger partial charge in [-0.2, -0.15) is 4.98 Å². The van der Waals surface area contributed by atoms with Crippen molar-refractivity contribution in [1.29, 1.82) is 0 Å². The molecule has 2 rings (SSSR count). The molecule has 1 aliphatic rings. The van der Waals surface area contributed by atoms with E-state index in [0.29, 0.717) is 12.4 Å². The second-order valence-electron chi connectivity index (χ2n) is 6.62. The third kappa shape index (κ3) is 5.31. The summed E-state index contributed by atoms with van der Waals surface area (Å²) < 4.78 is 23.6. The normalized spacial score (nSPS) is 19.6. The summed E-state index contributed by atoms with van der Waals surface area (Å²) in [4.78, 5) is 13.3. The monoisotopic (exact) mass is 355 g/mol. The summed E-state index contributed by atoms with van der Waals surface area (Å²) in [6, 6.07) is 1.94. The lowest BCUT2D eigenvalue weighted by Crippen LogP contribution is -2.37. The molecule has 1 unspecified atom stereocenters. The van der Waals surface area contributed by atoms with Crippen molar-refractivity contribution in [2.24, 2.45) is 0 Å². The third-order valence-corrected chi connectivity index (χ3v) is 5.94. The van der Waals surface area contributed by atoms with E-state index in [-0.39, 0.29) is 17.5 Å². The van der Waals surface area contributed by atoms with E-state index in [9.17, 15) is 8.42 Å². The molecule has 0 aromatic carbocycles. The topological polar surface area (TPSA) is 78.4 Å². The average Bonchev–Trinajstić information content (AvgIpc) is 2.84. The minimum Gasteiger partial charge on any atom is -0.354 e. The zero-order valence-electron chi connectivity index (χ0n) is 15.1. The third-order valence-electron chi connectivity index (χ3n) is 4.19. The van der Waals surface area contributed by atoms with E-state index in [1.807, 2.05) is 19.9 Å². The van der Waals surface area contributed by atoms with Crippen molar-refractivity contribution in [2.45, 2.75) is 32.7 Å². The van der Waals surface area contributed by atoms with Gasteiger partial charge in [-0.05, 0) is 47.3 Å². The summed E-state index contributed by atoms with van der Waals surface area (Å²) in [5.41, 5.74) is 0.884. The van der Waals surface area contributed by atoms with Gasteiger partial charge in [0, 0.05) is 30.9 Å². The lowest BCUT2D eigenvalue weighted by molar-refractivity contribution is 0.405. The molecule has 7 nitrogen and oxygen atoms in total. The van der Waals surface area contributed by atoms with Crippen LogP contribution in [0.15, 0.2) is 6.07 Å². The molecule has 136 valence electrons. The van der Waals surface area contributed by atoms with Crippen LogP contribution in [0.1, 0.15) is 25.5 Å². The minimum atomic E-state index is -2.91. The zero-order valence-corrected chi connectivity index (χ0v) is 15.9. The molecule has 1 aliphatic heterocycles. The Bertz CT molecular complexity index is 648. The van der Waals surface area contributed by atoms with Crippen LogP contribution in [-0.4, -0.2) is 74.6 Å². The Morgan fingerprint density at radius 3 is 2.67 bits per heavy atom. The van der Waals surface area contributed by atoms with E-state index in [4.69, 9.17) is 0 Å². The summed E-state index contributed by atoms with van der Waals surface area (Å²) in [5.74, 6) is 1.91. The maximum Gasteiger partial charge on any atom is 0.224 e. The number of hydrogen-bond acceptors (Lipinski definition) is 7. The van der Waals surface area contributed by atoms with Gasteiger partial charge in [0.1, 0.15) is 5.82 Å². The van der Waals surface area contributed by atoms with E-state index in [2.05, 4.69) is 39.2 Å². The van der Waals surface area contributed by atoms with E-state index < -0.39 is 9.84 Å². The molecule has 0 bridgehead atoms. The first-order valence-corrected chi connectivity index (χ1v) is 10.3. The van der Waals surface area contributed by atoms with Crippen LogP contribution in [0.2, 0.25) is 0 Å². The molecule has 24 heavy (non-hydrogen) atoms. The average molecular weight is 356 g/mol. The summed E-state index contributed by atoms with van der Waals surface area (Å²) in [6.07, 6.45) is 1.68. The predicted molar refractivity (Wildman–Crippen MR) is 98.5 cm³/mol. The highest BCUT2D eigenvalue weighted by molar-refractivity contribution is 7.91. The van der Waals surface area contributed by atoms with Crippen LogP contribution in [0.5, 0.6) is 0 Å². The highest BCUT2D eigenvalue weighted by Crippen LogP contribution is 2.24. The number of sulfone groups is 1. The smallest absolute Gasteiger partial charge is 0.224 e. The summed E-state index contributed by atoms with van der Waals surface area (Å²) >= 11 is 0. The van der Waals surface area contributed by atoms with Gasteiger partial charge in [-0.1, -0.05) is 0 Å². The number of nitrogens with zero attached hydrogens (tertiary/aromatic N) is 4. The van der Waals surface area contributed by atoms with Gasteiger partial charge in [-0.3, -0.25) is 0 Å². The molecule has 8 heteroatoms. The zero-order chi connectivity index (χ0) is 17.7. The van der Waals surface area contributed by atoms with Crippen LogP contribution in [-0.2, 0) is 9.84 Å². The first-order valence-electron chi connectivity index (χ1n) is 8.52. The fourth-order valence-electron chi connectivity index (χ4n) is 3.00. The van der Waals surface area contributed by atoms with Crippen LogP contribution in [0.3, 0.4) is 0 Å². The van der Waals surface area contributed by atoms with Crippen molar-refractivity contribution in [2.75, 3.05) is 55.5 Å². The van der Waals surface area contributed by atoms with Gasteiger partial charge in [-0.25, -0.2) is 13.4 Å². The Morgan fingerprint density at radius 2 is 2.08 bits per heavy atom. The number of rotatable bonds is 8. The van der Waals surface area contributed by atoms with E-state index in [1.165, 1.54) is 0 Å². The van der Waals surface area contributed by atoms with Crippen LogP contribution in [0.4, 0.5) is 11.8 Å². The molecule has 0 spiro atoms. The predicted octanol–water partition coefficient (Wildman–Crippen LogP) is 1.16. The van der Waals surface area contributed by atoms with Crippen LogP contribution in [0, 0.1) is 6.92 Å². The number of anilines is 2. The summed E-state index contributed by atoms with van der Waals surface area (Å²) in [7, 11) is 1.19. The summed E-state index contributed by atoms with van der Waals surface area (Å²) in [5, 5.41) is 3.27. The van der Waals surface area contributed by atoms with Gasteiger partial charge in [0.05, 0.1) is 11.5 Å². The number of nitrogens with one attached hydrogen (secondary N) is 1. The first kappa shape index (κ1) is 18.9. The fourth-order valence-corrected chi connectivity index (χ4v) is 4.73. The van der Waals surface area contributed by atoms with Crippen molar-refractivity contribution in [3.8, 4) is 0 Å². The van der Waals surface area contributed by atoms with Crippen molar-refractivity contribution < 1.29 is 8.42 Å². The van der Waals surface area contributed by atoms with E-state index >= 15 is 0 Å². The van der Waals surface area contributed by atoms with Crippen LogP contribution >= 0.6 is 0 Å². The van der Waals surface area contributed by atoms with Gasteiger partial charge < -0.3 is 15.1 Å². The molecule has 1 aromatic heterocycles. The molecular formula is C16H29N5O2S. The molecule has 1 atom stereocenters. The molecule has 2 heterocycles. The van der Waals surface area contributed by atoms with Gasteiger partial charge >= 0.3 is 0 Å². The lowest BCUT2D eigenvalue weighted by Gasteiger charge is -2.28. The second kappa shape index (κ2) is 8.11. The van der Waals surface area contributed by atoms with Crippen molar-refractivity contribution in [3.63, 3.8) is 0 Å². The van der Waals surface area contributed by atoms with Crippen molar-refractivity contribution >= 4 is 21.6 Å². The fraction of sp³-hybridized carbons (Fsp3) is 0.750. The molecule has 0 amide bonds. The van der Waals surface area contributed by atoms with E-state index in [1.54, 1.807) is 0 Å². The maximum absolute atomic E-state index is 11.8. The number of aromatic nitrogens is 2. The van der Waals surface area contributed by atoms with E-state index in [0.717, 1.165) is 37.6 Å². The number of aryl methyl sites for hydroxylation is 1. The molecule has 1 saturated heterocycles. The maximum atomic E-state index is 11.8. The van der Waals surface area contributed by atoms with Crippen LogP contribution in [0.25, 0.3) is 0 Å². The second-order valence-corrected chi connectivity index (χ2v) is 8.85. The molecule has 0 radical (unpaired) electrons. The van der Waals surface area contributed by atoms with Crippen molar-refractivity contribution in [3.05, 3.63) is 11.8 Å². The Kier molecular flexibility index (Phi) is 6.40. The lowest BCUT2D eigenvalue weighted by atomic mass is 10.2. The highest BCUT2D eigenvalue weighted by atomic mass is 32.2. The van der Waals surface area contributed by atoms with Crippen LogP contribution < -0.4 is 10.2 Å². The standard InChI is InChI=1S/C16H29N5O2S/c1-5-21(14-7-10-24(22,23)12-14)15-11-13(2)18-16(19-15)17-8-6-9-20(3)4/h11,14H,5-10,12H2,1-4H3,(H,17,18,19). The Morgan fingerprint density at radius 1 is 1.33 bits per heavy atom. The largest absolute Gasteiger partial charge is 0.354 e. The quantitative estimate of drug-likeness (QED) is 0.701. The summed E-state index contributed by atoms with van der Waals surface area (Å²) in [6.45, 7) is 6.52. The number of hydrogen-bond donors (Lipinski definition) is 1.